The second-order valence-corrected chi connectivity index (χ2v) is 9.27. The zero-order valence-electron chi connectivity index (χ0n) is 12.3. The van der Waals surface area contributed by atoms with Crippen LogP contribution in [0.2, 0.25) is 0 Å². The normalized spacial score (nSPS) is 25.2. The number of hydrogen-bond acceptors (Lipinski definition) is 5. The number of aliphatic hydroxyl groups is 1. The van der Waals surface area contributed by atoms with Crippen molar-refractivity contribution in [2.45, 2.75) is 39.0 Å². The van der Waals surface area contributed by atoms with Crippen molar-refractivity contribution in [2.24, 2.45) is 5.41 Å². The van der Waals surface area contributed by atoms with Gasteiger partial charge in [-0.25, -0.2) is 8.42 Å². The fourth-order valence-corrected chi connectivity index (χ4v) is 5.70. The second kappa shape index (κ2) is 7.29. The Kier molecular flexibility index (Phi) is 6.63. The van der Waals surface area contributed by atoms with Gasteiger partial charge >= 0.3 is 0 Å². The molecule has 0 bridgehead atoms. The van der Waals surface area contributed by atoms with Gasteiger partial charge in [-0.2, -0.15) is 11.8 Å². The largest absolute Gasteiger partial charge is 0.396 e. The van der Waals surface area contributed by atoms with E-state index in [0.29, 0.717) is 12.3 Å². The minimum atomic E-state index is -3.04. The molecule has 1 fully saturated rings. The number of hydrogen-bond donors (Lipinski definition) is 1. The van der Waals surface area contributed by atoms with Crippen molar-refractivity contribution in [2.75, 3.05) is 37.0 Å². The molecule has 1 heterocycles. The fourth-order valence-electron chi connectivity index (χ4n) is 2.62. The Bertz CT molecular complexity index is 372. The number of aliphatic hydroxyl groups excluding tert-OH is 1. The molecular weight excluding hydrogens is 282 g/mol. The maximum Gasteiger partial charge on any atom is 0.166 e. The Hall–Kier alpha value is 0.220. The van der Waals surface area contributed by atoms with E-state index in [1.807, 2.05) is 6.92 Å². The molecule has 19 heavy (non-hydrogen) atoms. The Morgan fingerprint density at radius 3 is 2.63 bits per heavy atom. The minimum Gasteiger partial charge on any atom is -0.396 e. The topological polar surface area (TPSA) is 57.6 Å². The number of thioether (sulfide) groups is 1. The summed E-state index contributed by atoms with van der Waals surface area (Å²) < 4.78 is 24.4. The van der Waals surface area contributed by atoms with Gasteiger partial charge in [0.25, 0.3) is 0 Å². The van der Waals surface area contributed by atoms with Gasteiger partial charge in [0.2, 0.25) is 0 Å². The van der Waals surface area contributed by atoms with Crippen LogP contribution >= 0.6 is 11.8 Å². The van der Waals surface area contributed by atoms with Crippen LogP contribution in [0.4, 0.5) is 0 Å². The third kappa shape index (κ3) is 4.62. The van der Waals surface area contributed by atoms with Gasteiger partial charge in [-0.3, -0.25) is 4.90 Å². The van der Waals surface area contributed by atoms with Crippen molar-refractivity contribution in [3.63, 3.8) is 0 Å². The van der Waals surface area contributed by atoms with Crippen molar-refractivity contribution >= 4 is 21.6 Å². The van der Waals surface area contributed by atoms with Crippen LogP contribution in [0.25, 0.3) is 0 Å². The molecule has 1 saturated heterocycles. The van der Waals surface area contributed by atoms with E-state index in [-0.39, 0.29) is 23.1 Å². The molecule has 4 nitrogen and oxygen atoms in total. The Morgan fingerprint density at radius 1 is 1.42 bits per heavy atom. The van der Waals surface area contributed by atoms with Gasteiger partial charge in [0.05, 0.1) is 0 Å². The maximum atomic E-state index is 12.2. The predicted molar refractivity (Wildman–Crippen MR) is 82.2 cm³/mol. The molecule has 2 atom stereocenters. The zero-order valence-corrected chi connectivity index (χ0v) is 13.9. The van der Waals surface area contributed by atoms with Gasteiger partial charge in [0, 0.05) is 42.4 Å². The molecule has 2 unspecified atom stereocenters. The summed E-state index contributed by atoms with van der Waals surface area (Å²) in [7, 11) is -3.04. The van der Waals surface area contributed by atoms with E-state index in [2.05, 4.69) is 11.8 Å². The minimum absolute atomic E-state index is 0.114. The summed E-state index contributed by atoms with van der Waals surface area (Å²) >= 11 is 1.71. The molecule has 0 aromatic rings. The molecule has 114 valence electrons. The Labute approximate surface area is 121 Å². The van der Waals surface area contributed by atoms with Gasteiger partial charge in [0.1, 0.15) is 5.37 Å². The molecule has 0 spiro atoms. The van der Waals surface area contributed by atoms with Crippen LogP contribution in [0.1, 0.15) is 33.6 Å². The maximum absolute atomic E-state index is 12.2. The van der Waals surface area contributed by atoms with Crippen LogP contribution in [0, 0.1) is 5.41 Å². The fraction of sp³-hybridized carbons (Fsp3) is 1.00. The lowest BCUT2D eigenvalue weighted by molar-refractivity contribution is 0.0780. The van der Waals surface area contributed by atoms with E-state index >= 15 is 0 Å². The van der Waals surface area contributed by atoms with Gasteiger partial charge < -0.3 is 5.11 Å². The van der Waals surface area contributed by atoms with Crippen LogP contribution in [0.5, 0.6) is 0 Å². The molecule has 1 N–H and O–H groups in total. The lowest BCUT2D eigenvalue weighted by Gasteiger charge is -2.40. The van der Waals surface area contributed by atoms with Crippen LogP contribution in [0.15, 0.2) is 0 Å². The summed E-state index contributed by atoms with van der Waals surface area (Å²) in [5, 5.41) is 9.24. The summed E-state index contributed by atoms with van der Waals surface area (Å²) in [5.74, 6) is 1.82. The third-order valence-electron chi connectivity index (χ3n) is 3.83. The van der Waals surface area contributed by atoms with E-state index in [1.165, 1.54) is 0 Å². The Morgan fingerprint density at radius 2 is 2.11 bits per heavy atom. The average molecular weight is 309 g/mol. The van der Waals surface area contributed by atoms with Gasteiger partial charge in [-0.05, 0) is 6.42 Å². The average Bonchev–Trinajstić information content (AvgIpc) is 2.39. The molecule has 0 aliphatic carbocycles. The van der Waals surface area contributed by atoms with E-state index in [0.717, 1.165) is 25.1 Å². The van der Waals surface area contributed by atoms with Crippen molar-refractivity contribution in [1.82, 2.24) is 4.90 Å². The molecule has 0 aromatic carbocycles. The van der Waals surface area contributed by atoms with E-state index in [4.69, 9.17) is 0 Å². The van der Waals surface area contributed by atoms with E-state index in [1.54, 1.807) is 18.7 Å². The molecule has 1 aliphatic heterocycles. The van der Waals surface area contributed by atoms with Crippen molar-refractivity contribution in [3.8, 4) is 0 Å². The summed E-state index contributed by atoms with van der Waals surface area (Å²) in [6, 6.07) is 0. The van der Waals surface area contributed by atoms with Crippen LogP contribution in [0.3, 0.4) is 0 Å². The highest BCUT2D eigenvalue weighted by Crippen LogP contribution is 2.29. The van der Waals surface area contributed by atoms with Crippen molar-refractivity contribution < 1.29 is 13.5 Å². The molecule has 0 aromatic heterocycles. The Balaban J connectivity index is 2.83. The first-order chi connectivity index (χ1) is 8.88. The smallest absolute Gasteiger partial charge is 0.166 e. The van der Waals surface area contributed by atoms with Crippen LogP contribution in [-0.4, -0.2) is 60.8 Å². The SMILES string of the molecule is CCCC(C)(CO)CN1CCSCC1S(=O)(=O)CC. The number of rotatable bonds is 7. The van der Waals surface area contributed by atoms with Gasteiger partial charge in [0.15, 0.2) is 9.84 Å². The quantitative estimate of drug-likeness (QED) is 0.774. The second-order valence-electron chi connectivity index (χ2n) is 5.67. The highest BCUT2D eigenvalue weighted by atomic mass is 32.2. The third-order valence-corrected chi connectivity index (χ3v) is 7.16. The van der Waals surface area contributed by atoms with Crippen molar-refractivity contribution in [3.05, 3.63) is 0 Å². The molecular formula is C13H27NO3S2. The van der Waals surface area contributed by atoms with Crippen molar-refractivity contribution in [1.29, 1.82) is 0 Å². The summed E-state index contributed by atoms with van der Waals surface area (Å²) in [5.41, 5.74) is -0.196. The molecule has 0 amide bonds. The van der Waals surface area contributed by atoms with Gasteiger partial charge in [-0.1, -0.05) is 27.2 Å². The lowest BCUT2D eigenvalue weighted by Crippen LogP contribution is -2.52. The first-order valence-electron chi connectivity index (χ1n) is 7.03. The molecule has 0 saturated carbocycles. The molecule has 6 heteroatoms. The highest BCUT2D eigenvalue weighted by Gasteiger charge is 2.36. The van der Waals surface area contributed by atoms with E-state index in [9.17, 15) is 13.5 Å². The first kappa shape index (κ1) is 17.3. The van der Waals surface area contributed by atoms with Crippen LogP contribution < -0.4 is 0 Å². The zero-order chi connectivity index (χ0) is 14.5. The number of nitrogens with zero attached hydrogens (tertiary/aromatic N) is 1. The first-order valence-corrected chi connectivity index (χ1v) is 9.90. The summed E-state index contributed by atoms with van der Waals surface area (Å²) in [6.45, 7) is 7.44. The highest BCUT2D eigenvalue weighted by molar-refractivity contribution is 8.01. The summed E-state index contributed by atoms with van der Waals surface area (Å²) in [6.07, 6.45) is 1.93. The predicted octanol–water partition coefficient (Wildman–Crippen LogP) is 1.59. The van der Waals surface area contributed by atoms with E-state index < -0.39 is 9.84 Å². The summed E-state index contributed by atoms with van der Waals surface area (Å²) in [4.78, 5) is 2.07. The lowest BCUT2D eigenvalue weighted by atomic mass is 9.86. The monoisotopic (exact) mass is 309 g/mol. The molecule has 1 aliphatic rings. The standard InChI is InChI=1S/C13H27NO3S2/c1-4-6-13(3,11-15)10-14-7-8-18-9-12(14)19(16,17)5-2/h12,15H,4-11H2,1-3H3. The van der Waals surface area contributed by atoms with Gasteiger partial charge in [-0.15, -0.1) is 0 Å². The molecule has 1 rings (SSSR count). The number of sulfone groups is 1. The molecule has 0 radical (unpaired) electrons. The van der Waals surface area contributed by atoms with Crippen LogP contribution in [-0.2, 0) is 9.84 Å².